The highest BCUT2D eigenvalue weighted by Gasteiger charge is 2.14. The molecule has 0 saturated carbocycles. The minimum Gasteiger partial charge on any atom is -0.494 e. The Bertz CT molecular complexity index is 617. The monoisotopic (exact) mass is 337 g/mol. The van der Waals surface area contributed by atoms with Gasteiger partial charge in [0.05, 0.1) is 6.61 Å². The van der Waals surface area contributed by atoms with Crippen LogP contribution in [0.25, 0.3) is 11.1 Å². The molecule has 0 amide bonds. The van der Waals surface area contributed by atoms with Crippen molar-refractivity contribution in [2.45, 2.75) is 39.0 Å². The molecular weight excluding hydrogens is 306 g/mol. The molecule has 1 fully saturated rings. The molecule has 0 atom stereocenters. The van der Waals surface area contributed by atoms with E-state index in [1.54, 1.807) is 0 Å². The summed E-state index contributed by atoms with van der Waals surface area (Å²) in [7, 11) is 0. The lowest BCUT2D eigenvalue weighted by Gasteiger charge is -2.30. The van der Waals surface area contributed by atoms with Gasteiger partial charge in [-0.2, -0.15) is 0 Å². The summed E-state index contributed by atoms with van der Waals surface area (Å²) in [6.07, 6.45) is 6.44. The molecule has 0 N–H and O–H groups in total. The number of benzene rings is 2. The number of piperidine rings is 1. The number of rotatable bonds is 8. The Morgan fingerprint density at radius 1 is 0.880 bits per heavy atom. The van der Waals surface area contributed by atoms with Crippen LogP contribution in [0.5, 0.6) is 5.75 Å². The van der Waals surface area contributed by atoms with Crippen LogP contribution in [-0.2, 0) is 0 Å². The van der Waals surface area contributed by atoms with Crippen LogP contribution in [0, 0.1) is 5.92 Å². The minimum absolute atomic E-state index is 0.815. The fourth-order valence-electron chi connectivity index (χ4n) is 3.49. The van der Waals surface area contributed by atoms with E-state index in [1.807, 2.05) is 6.07 Å². The number of ether oxygens (including phenoxy) is 1. The van der Waals surface area contributed by atoms with Crippen LogP contribution >= 0.6 is 0 Å². The average Bonchev–Trinajstić information content (AvgIpc) is 2.67. The summed E-state index contributed by atoms with van der Waals surface area (Å²) in [6.45, 7) is 7.04. The van der Waals surface area contributed by atoms with E-state index in [-0.39, 0.29) is 0 Å². The highest BCUT2D eigenvalue weighted by molar-refractivity contribution is 5.64. The second-order valence-electron chi connectivity index (χ2n) is 7.33. The molecule has 0 unspecified atom stereocenters. The van der Waals surface area contributed by atoms with Gasteiger partial charge in [0.15, 0.2) is 0 Å². The van der Waals surface area contributed by atoms with Crippen molar-refractivity contribution < 1.29 is 4.74 Å². The Balaban J connectivity index is 1.34. The maximum absolute atomic E-state index is 5.96. The molecule has 0 aromatic heterocycles. The molecule has 1 aliphatic heterocycles. The van der Waals surface area contributed by atoms with E-state index < -0.39 is 0 Å². The van der Waals surface area contributed by atoms with Gasteiger partial charge >= 0.3 is 0 Å². The van der Waals surface area contributed by atoms with E-state index in [2.05, 4.69) is 60.4 Å². The third-order valence-electron chi connectivity index (χ3n) is 5.20. The molecule has 25 heavy (non-hydrogen) atoms. The Labute approximate surface area is 152 Å². The summed E-state index contributed by atoms with van der Waals surface area (Å²) >= 11 is 0. The van der Waals surface area contributed by atoms with Gasteiger partial charge in [0, 0.05) is 0 Å². The molecule has 1 heterocycles. The van der Waals surface area contributed by atoms with Crippen molar-refractivity contribution in [1.29, 1.82) is 0 Å². The third kappa shape index (κ3) is 5.89. The van der Waals surface area contributed by atoms with E-state index in [9.17, 15) is 0 Å². The number of hydrogen-bond acceptors (Lipinski definition) is 2. The van der Waals surface area contributed by atoms with Gasteiger partial charge in [0.25, 0.3) is 0 Å². The molecule has 0 radical (unpaired) electrons. The fourth-order valence-corrected chi connectivity index (χ4v) is 3.49. The summed E-state index contributed by atoms with van der Waals surface area (Å²) in [5, 5.41) is 0. The van der Waals surface area contributed by atoms with Gasteiger partial charge in [-0.3, -0.25) is 0 Å². The SMILES string of the molecule is CC1CCN(CCCCCOc2cccc(-c3ccccc3)c2)CC1. The molecule has 134 valence electrons. The third-order valence-corrected chi connectivity index (χ3v) is 5.20. The Morgan fingerprint density at radius 3 is 2.44 bits per heavy atom. The molecule has 2 heteroatoms. The van der Waals surface area contributed by atoms with E-state index in [0.717, 1.165) is 24.7 Å². The largest absolute Gasteiger partial charge is 0.494 e. The molecule has 0 spiro atoms. The molecule has 2 aromatic rings. The average molecular weight is 338 g/mol. The molecule has 0 bridgehead atoms. The van der Waals surface area contributed by atoms with Crippen LogP contribution in [0.1, 0.15) is 39.0 Å². The number of likely N-dealkylation sites (tertiary alicyclic amines) is 1. The number of hydrogen-bond donors (Lipinski definition) is 0. The van der Waals surface area contributed by atoms with E-state index in [4.69, 9.17) is 4.74 Å². The van der Waals surface area contributed by atoms with Crippen LogP contribution < -0.4 is 4.74 Å². The molecular formula is C23H31NO. The van der Waals surface area contributed by atoms with Crippen LogP contribution in [0.3, 0.4) is 0 Å². The Morgan fingerprint density at radius 2 is 1.64 bits per heavy atom. The van der Waals surface area contributed by atoms with Gasteiger partial charge in [0.1, 0.15) is 5.75 Å². The summed E-state index contributed by atoms with van der Waals surface area (Å²) < 4.78 is 5.96. The maximum Gasteiger partial charge on any atom is 0.119 e. The van der Waals surface area contributed by atoms with Gasteiger partial charge in [-0.15, -0.1) is 0 Å². The normalized spacial score (nSPS) is 16.0. The molecule has 1 aliphatic rings. The predicted molar refractivity (Wildman–Crippen MR) is 106 cm³/mol. The van der Waals surface area contributed by atoms with Crippen LogP contribution in [0.15, 0.2) is 54.6 Å². The first-order chi connectivity index (χ1) is 12.3. The number of nitrogens with zero attached hydrogens (tertiary/aromatic N) is 1. The van der Waals surface area contributed by atoms with Crippen molar-refractivity contribution in [3.8, 4) is 16.9 Å². The van der Waals surface area contributed by atoms with Gasteiger partial charge in [-0.1, -0.05) is 49.4 Å². The second kappa shape index (κ2) is 9.62. The summed E-state index contributed by atoms with van der Waals surface area (Å²) in [6, 6.07) is 18.9. The Hall–Kier alpha value is -1.80. The minimum atomic E-state index is 0.815. The molecule has 3 rings (SSSR count). The van der Waals surface area contributed by atoms with Crippen molar-refractivity contribution >= 4 is 0 Å². The second-order valence-corrected chi connectivity index (χ2v) is 7.33. The molecule has 2 aromatic carbocycles. The van der Waals surface area contributed by atoms with Crippen molar-refractivity contribution in [2.75, 3.05) is 26.2 Å². The van der Waals surface area contributed by atoms with E-state index >= 15 is 0 Å². The van der Waals surface area contributed by atoms with Crippen molar-refractivity contribution in [1.82, 2.24) is 4.90 Å². The first kappa shape index (κ1) is 18.0. The molecule has 2 nitrogen and oxygen atoms in total. The summed E-state index contributed by atoms with van der Waals surface area (Å²) in [5.74, 6) is 1.91. The van der Waals surface area contributed by atoms with Crippen molar-refractivity contribution in [3.05, 3.63) is 54.6 Å². The molecule has 1 saturated heterocycles. The lowest BCUT2D eigenvalue weighted by molar-refractivity contribution is 0.187. The standard InChI is InChI=1S/C23H31NO/c1-20-13-16-24(17-14-20)15-6-3-7-18-25-23-12-8-11-22(19-23)21-9-4-2-5-10-21/h2,4-5,8-12,19-20H,3,6-7,13-18H2,1H3. The zero-order chi connectivity index (χ0) is 17.3. The summed E-state index contributed by atoms with van der Waals surface area (Å²) in [4.78, 5) is 2.63. The van der Waals surface area contributed by atoms with E-state index in [0.29, 0.717) is 0 Å². The lowest BCUT2D eigenvalue weighted by atomic mass is 9.99. The first-order valence-electron chi connectivity index (χ1n) is 9.82. The zero-order valence-corrected chi connectivity index (χ0v) is 15.5. The van der Waals surface area contributed by atoms with Gasteiger partial charge < -0.3 is 9.64 Å². The quantitative estimate of drug-likeness (QED) is 0.578. The van der Waals surface area contributed by atoms with Gasteiger partial charge in [-0.25, -0.2) is 0 Å². The van der Waals surface area contributed by atoms with Gasteiger partial charge in [-0.05, 0) is 80.9 Å². The number of unbranched alkanes of at least 4 members (excludes halogenated alkanes) is 2. The fraction of sp³-hybridized carbons (Fsp3) is 0.478. The highest BCUT2D eigenvalue weighted by Crippen LogP contribution is 2.23. The zero-order valence-electron chi connectivity index (χ0n) is 15.5. The van der Waals surface area contributed by atoms with Crippen LogP contribution in [0.2, 0.25) is 0 Å². The first-order valence-corrected chi connectivity index (χ1v) is 9.82. The van der Waals surface area contributed by atoms with Crippen LogP contribution in [-0.4, -0.2) is 31.1 Å². The highest BCUT2D eigenvalue weighted by atomic mass is 16.5. The predicted octanol–water partition coefficient (Wildman–Crippen LogP) is 5.63. The van der Waals surface area contributed by atoms with Crippen molar-refractivity contribution in [3.63, 3.8) is 0 Å². The Kier molecular flexibility index (Phi) is 6.93. The van der Waals surface area contributed by atoms with E-state index in [1.165, 1.54) is 56.4 Å². The smallest absolute Gasteiger partial charge is 0.119 e. The van der Waals surface area contributed by atoms with Crippen LogP contribution in [0.4, 0.5) is 0 Å². The lowest BCUT2D eigenvalue weighted by Crippen LogP contribution is -2.33. The maximum atomic E-state index is 5.96. The van der Waals surface area contributed by atoms with Crippen molar-refractivity contribution in [2.24, 2.45) is 5.92 Å². The summed E-state index contributed by atoms with van der Waals surface area (Å²) in [5.41, 5.74) is 2.46. The topological polar surface area (TPSA) is 12.5 Å². The molecule has 0 aliphatic carbocycles. The van der Waals surface area contributed by atoms with Gasteiger partial charge in [0.2, 0.25) is 0 Å².